The molecule has 0 saturated heterocycles. The fourth-order valence-electron chi connectivity index (χ4n) is 1.61. The number of rotatable bonds is 6. The molecular weight excluding hydrogens is 198 g/mol. The number of nitrogens with zero attached hydrogens (tertiary/aromatic N) is 2. The molecule has 0 radical (unpaired) electrons. The van der Waals surface area contributed by atoms with Crippen molar-refractivity contribution in [3.05, 3.63) is 36.7 Å². The van der Waals surface area contributed by atoms with Crippen LogP contribution in [0.15, 0.2) is 31.0 Å². The van der Waals surface area contributed by atoms with E-state index in [1.54, 1.807) is 0 Å². The van der Waals surface area contributed by atoms with E-state index < -0.39 is 0 Å². The molecule has 0 bridgehead atoms. The molecule has 0 spiro atoms. The molecule has 3 heteroatoms. The summed E-state index contributed by atoms with van der Waals surface area (Å²) in [6.07, 6.45) is 4.91. The van der Waals surface area contributed by atoms with Gasteiger partial charge in [-0.05, 0) is 25.5 Å². The van der Waals surface area contributed by atoms with Crippen LogP contribution in [-0.4, -0.2) is 18.1 Å². The summed E-state index contributed by atoms with van der Waals surface area (Å²) in [5, 5.41) is 0. The molecule has 0 aromatic carbocycles. The van der Waals surface area contributed by atoms with Gasteiger partial charge in [0, 0.05) is 19.1 Å². The minimum absolute atomic E-state index is 0.00641. The first-order chi connectivity index (χ1) is 7.69. The van der Waals surface area contributed by atoms with Gasteiger partial charge in [0.15, 0.2) is 0 Å². The van der Waals surface area contributed by atoms with E-state index in [9.17, 15) is 0 Å². The lowest BCUT2D eigenvalue weighted by atomic mass is 10.2. The van der Waals surface area contributed by atoms with Gasteiger partial charge in [-0.1, -0.05) is 13.0 Å². The Hall–Kier alpha value is -1.35. The highest BCUT2D eigenvalue weighted by Crippen LogP contribution is 2.15. The third-order valence-corrected chi connectivity index (χ3v) is 2.45. The smallest absolute Gasteiger partial charge is 0.0569 e. The number of hydrogen-bond donors (Lipinski definition) is 1. The normalized spacial score (nSPS) is 12.2. The highest BCUT2D eigenvalue weighted by molar-refractivity contribution is 5.45. The van der Waals surface area contributed by atoms with Crippen LogP contribution in [0.5, 0.6) is 0 Å². The van der Waals surface area contributed by atoms with Crippen molar-refractivity contribution in [2.24, 2.45) is 5.73 Å². The second-order valence-corrected chi connectivity index (χ2v) is 3.96. The van der Waals surface area contributed by atoms with Crippen LogP contribution in [-0.2, 0) is 0 Å². The quantitative estimate of drug-likeness (QED) is 0.747. The summed E-state index contributed by atoms with van der Waals surface area (Å²) in [5.41, 5.74) is 7.83. The van der Waals surface area contributed by atoms with Gasteiger partial charge >= 0.3 is 0 Å². The molecule has 0 aliphatic heterocycles. The topological polar surface area (TPSA) is 42.1 Å². The molecule has 16 heavy (non-hydrogen) atoms. The molecule has 0 saturated carbocycles. The van der Waals surface area contributed by atoms with Gasteiger partial charge in [0.1, 0.15) is 0 Å². The predicted octanol–water partition coefficient (Wildman–Crippen LogP) is 2.50. The fourth-order valence-corrected chi connectivity index (χ4v) is 1.61. The minimum Gasteiger partial charge on any atom is -0.367 e. The Labute approximate surface area is 98.0 Å². The average Bonchev–Trinajstić information content (AvgIpc) is 2.29. The molecular formula is C13H21N3. The third kappa shape index (κ3) is 3.35. The molecule has 0 amide bonds. The predicted molar refractivity (Wildman–Crippen MR) is 69.5 cm³/mol. The van der Waals surface area contributed by atoms with E-state index in [1.807, 2.05) is 25.3 Å². The van der Waals surface area contributed by atoms with Crippen molar-refractivity contribution in [3.63, 3.8) is 0 Å². The van der Waals surface area contributed by atoms with Gasteiger partial charge in [0.05, 0.1) is 17.6 Å². The first kappa shape index (κ1) is 12.7. The Morgan fingerprint density at radius 3 is 2.75 bits per heavy atom. The Bertz CT molecular complexity index is 316. The Balaban J connectivity index is 2.80. The largest absolute Gasteiger partial charge is 0.367 e. The molecule has 3 nitrogen and oxygen atoms in total. The third-order valence-electron chi connectivity index (χ3n) is 2.45. The maximum Gasteiger partial charge on any atom is 0.0569 e. The van der Waals surface area contributed by atoms with Crippen molar-refractivity contribution in [1.29, 1.82) is 0 Å². The number of nitrogens with two attached hydrogens (primary N) is 1. The number of aromatic nitrogens is 1. The van der Waals surface area contributed by atoms with Crippen LogP contribution in [0, 0.1) is 0 Å². The van der Waals surface area contributed by atoms with Gasteiger partial charge in [0.25, 0.3) is 0 Å². The first-order valence-corrected chi connectivity index (χ1v) is 5.76. The molecule has 1 aromatic rings. The fraction of sp³-hybridized carbons (Fsp3) is 0.462. The van der Waals surface area contributed by atoms with Crippen LogP contribution < -0.4 is 10.6 Å². The van der Waals surface area contributed by atoms with Crippen molar-refractivity contribution >= 4 is 5.69 Å². The van der Waals surface area contributed by atoms with E-state index >= 15 is 0 Å². The number of hydrogen-bond acceptors (Lipinski definition) is 3. The molecule has 1 aromatic heterocycles. The van der Waals surface area contributed by atoms with Crippen LogP contribution >= 0.6 is 0 Å². The second-order valence-electron chi connectivity index (χ2n) is 3.96. The Kier molecular flexibility index (Phi) is 4.99. The summed E-state index contributed by atoms with van der Waals surface area (Å²) in [6.45, 7) is 9.75. The summed E-state index contributed by atoms with van der Waals surface area (Å²) in [6, 6.07) is 4.06. The van der Waals surface area contributed by atoms with Gasteiger partial charge < -0.3 is 10.6 Å². The molecule has 1 heterocycles. The Morgan fingerprint density at radius 1 is 1.56 bits per heavy atom. The summed E-state index contributed by atoms with van der Waals surface area (Å²) < 4.78 is 0. The van der Waals surface area contributed by atoms with Gasteiger partial charge in [-0.25, -0.2) is 0 Å². The zero-order valence-corrected chi connectivity index (χ0v) is 10.2. The zero-order valence-electron chi connectivity index (χ0n) is 10.2. The number of pyridine rings is 1. The van der Waals surface area contributed by atoms with E-state index in [0.717, 1.165) is 30.9 Å². The van der Waals surface area contributed by atoms with E-state index in [4.69, 9.17) is 5.73 Å². The van der Waals surface area contributed by atoms with E-state index in [-0.39, 0.29) is 6.04 Å². The average molecular weight is 219 g/mol. The SMILES string of the molecule is C=CCN(CCC)c1ccc(C(C)N)nc1. The van der Waals surface area contributed by atoms with Crippen LogP contribution in [0.25, 0.3) is 0 Å². The molecule has 0 fully saturated rings. The van der Waals surface area contributed by atoms with E-state index in [1.165, 1.54) is 0 Å². The molecule has 0 aliphatic rings. The molecule has 2 N–H and O–H groups in total. The second kappa shape index (κ2) is 6.28. The lowest BCUT2D eigenvalue weighted by molar-refractivity contribution is 0.773. The van der Waals surface area contributed by atoms with Crippen LogP contribution in [0.4, 0.5) is 5.69 Å². The van der Waals surface area contributed by atoms with Crippen molar-refractivity contribution < 1.29 is 0 Å². The lowest BCUT2D eigenvalue weighted by Crippen LogP contribution is -2.24. The van der Waals surface area contributed by atoms with Crippen LogP contribution in [0.3, 0.4) is 0 Å². The standard InChI is InChI=1S/C13H21N3/c1-4-8-16(9-5-2)12-6-7-13(11(3)14)15-10-12/h4,6-7,10-11H,1,5,8-9,14H2,2-3H3. The Morgan fingerprint density at radius 2 is 2.31 bits per heavy atom. The lowest BCUT2D eigenvalue weighted by Gasteiger charge is -2.22. The first-order valence-electron chi connectivity index (χ1n) is 5.76. The summed E-state index contributed by atoms with van der Waals surface area (Å²) in [7, 11) is 0. The van der Waals surface area contributed by atoms with Crippen molar-refractivity contribution in [2.45, 2.75) is 26.3 Å². The van der Waals surface area contributed by atoms with Crippen molar-refractivity contribution in [2.75, 3.05) is 18.0 Å². The van der Waals surface area contributed by atoms with Gasteiger partial charge in [0.2, 0.25) is 0 Å². The highest BCUT2D eigenvalue weighted by Gasteiger charge is 2.05. The molecule has 88 valence electrons. The van der Waals surface area contributed by atoms with Gasteiger partial charge in [-0.15, -0.1) is 6.58 Å². The van der Waals surface area contributed by atoms with E-state index in [0.29, 0.717) is 0 Å². The molecule has 0 aliphatic carbocycles. The van der Waals surface area contributed by atoms with E-state index in [2.05, 4.69) is 29.5 Å². The number of anilines is 1. The minimum atomic E-state index is -0.00641. The summed E-state index contributed by atoms with van der Waals surface area (Å²) in [4.78, 5) is 6.62. The summed E-state index contributed by atoms with van der Waals surface area (Å²) >= 11 is 0. The maximum absolute atomic E-state index is 5.76. The van der Waals surface area contributed by atoms with Crippen molar-refractivity contribution in [1.82, 2.24) is 4.98 Å². The van der Waals surface area contributed by atoms with Crippen molar-refractivity contribution in [3.8, 4) is 0 Å². The van der Waals surface area contributed by atoms with Gasteiger partial charge in [-0.3, -0.25) is 4.98 Å². The highest BCUT2D eigenvalue weighted by atomic mass is 15.1. The summed E-state index contributed by atoms with van der Waals surface area (Å²) in [5.74, 6) is 0. The zero-order chi connectivity index (χ0) is 12.0. The van der Waals surface area contributed by atoms with Crippen LogP contribution in [0.1, 0.15) is 32.0 Å². The van der Waals surface area contributed by atoms with Gasteiger partial charge in [-0.2, -0.15) is 0 Å². The monoisotopic (exact) mass is 219 g/mol. The maximum atomic E-state index is 5.76. The molecule has 1 rings (SSSR count). The molecule has 1 unspecified atom stereocenters. The molecule has 1 atom stereocenters. The van der Waals surface area contributed by atoms with Crippen LogP contribution in [0.2, 0.25) is 0 Å².